The second-order valence-electron chi connectivity index (χ2n) is 15.5. The summed E-state index contributed by atoms with van der Waals surface area (Å²) < 4.78 is 74.8. The van der Waals surface area contributed by atoms with Crippen molar-refractivity contribution in [2.45, 2.75) is 159 Å². The maximum Gasteiger partial charge on any atom is 0.410 e. The molecule has 2 aliphatic carbocycles. The number of nitrogens with zero attached hydrogens (tertiary/aromatic N) is 2. The molecule has 2 atom stereocenters. The summed E-state index contributed by atoms with van der Waals surface area (Å²) in [5.74, 6) is -2.69. The summed E-state index contributed by atoms with van der Waals surface area (Å²) in [6.45, 7) is 13.1. The number of amides is 1. The Morgan fingerprint density at radius 1 is 0.979 bits per heavy atom. The highest BCUT2D eigenvalue weighted by Crippen LogP contribution is 2.40. The van der Waals surface area contributed by atoms with Crippen molar-refractivity contribution in [1.29, 1.82) is 0 Å². The fourth-order valence-electron chi connectivity index (χ4n) is 6.41. The van der Waals surface area contributed by atoms with Gasteiger partial charge in [-0.15, -0.1) is 0 Å². The van der Waals surface area contributed by atoms with Gasteiger partial charge in [-0.25, -0.2) is 22.0 Å². The molecule has 1 saturated heterocycles. The standard InChI is InChI=1S/C35H54F2N2O7S/c1-24-13-16-30(47(42,43)39-22-10-11-27(39)31(40)45-33(2,3)4)29(23-24)44-28(25-14-15-25)12-8-9-21-38(32(41)46-34(5,6)7)26-17-19-35(36,37)20-18-26/h13,16,23,25-28H,8-12,14-15,17-22H2,1-7H3/t27-,28?/m0/s1. The van der Waals surface area contributed by atoms with Crippen LogP contribution in [0.25, 0.3) is 0 Å². The zero-order valence-electron chi connectivity index (χ0n) is 29.2. The van der Waals surface area contributed by atoms with E-state index in [1.54, 1.807) is 64.6 Å². The number of esters is 1. The van der Waals surface area contributed by atoms with Gasteiger partial charge in [0.2, 0.25) is 15.9 Å². The Morgan fingerprint density at radius 2 is 1.62 bits per heavy atom. The van der Waals surface area contributed by atoms with E-state index in [9.17, 15) is 26.8 Å². The van der Waals surface area contributed by atoms with Crippen molar-refractivity contribution in [3.05, 3.63) is 23.8 Å². The van der Waals surface area contributed by atoms with Crippen LogP contribution in [0.4, 0.5) is 13.6 Å². The van der Waals surface area contributed by atoms with Gasteiger partial charge in [-0.05, 0) is 130 Å². The molecule has 9 nitrogen and oxygen atoms in total. The number of carbonyl (C=O) groups excluding carboxylic acids is 2. The molecule has 0 N–H and O–H groups in total. The number of sulfonamides is 1. The van der Waals surface area contributed by atoms with E-state index in [-0.39, 0.29) is 60.9 Å². The number of hydrogen-bond donors (Lipinski definition) is 0. The largest absolute Gasteiger partial charge is 0.489 e. The molecule has 2 saturated carbocycles. The molecule has 3 fully saturated rings. The smallest absolute Gasteiger partial charge is 0.410 e. The van der Waals surface area contributed by atoms with Crippen LogP contribution in [0.5, 0.6) is 5.75 Å². The van der Waals surface area contributed by atoms with Crippen molar-refractivity contribution in [3.8, 4) is 5.75 Å². The van der Waals surface area contributed by atoms with Crippen molar-refractivity contribution in [2.24, 2.45) is 5.92 Å². The van der Waals surface area contributed by atoms with E-state index in [0.717, 1.165) is 18.4 Å². The molecule has 0 aromatic heterocycles. The van der Waals surface area contributed by atoms with E-state index in [2.05, 4.69) is 0 Å². The van der Waals surface area contributed by atoms with Crippen LogP contribution in [0.15, 0.2) is 23.1 Å². The second-order valence-corrected chi connectivity index (χ2v) is 17.4. The average molecular weight is 685 g/mol. The van der Waals surface area contributed by atoms with Crippen LogP contribution < -0.4 is 4.74 Å². The zero-order chi connectivity index (χ0) is 34.8. The lowest BCUT2D eigenvalue weighted by Crippen LogP contribution is -2.46. The van der Waals surface area contributed by atoms with Crippen molar-refractivity contribution >= 4 is 22.1 Å². The van der Waals surface area contributed by atoms with Crippen LogP contribution >= 0.6 is 0 Å². The number of alkyl halides is 2. The normalized spacial score (nSPS) is 21.7. The molecule has 12 heteroatoms. The lowest BCUT2D eigenvalue weighted by Gasteiger charge is -2.37. The minimum absolute atomic E-state index is 0.0365. The number of unbranched alkanes of at least 4 members (excludes halogenated alkanes) is 1. The summed E-state index contributed by atoms with van der Waals surface area (Å²) in [6, 6.07) is 3.84. The summed E-state index contributed by atoms with van der Waals surface area (Å²) in [4.78, 5) is 27.7. The van der Waals surface area contributed by atoms with Crippen molar-refractivity contribution in [1.82, 2.24) is 9.21 Å². The summed E-state index contributed by atoms with van der Waals surface area (Å²) >= 11 is 0. The maximum absolute atomic E-state index is 14.0. The van der Waals surface area contributed by atoms with Gasteiger partial charge < -0.3 is 19.1 Å². The third kappa shape index (κ3) is 10.5. The topological polar surface area (TPSA) is 102 Å². The van der Waals surface area contributed by atoms with Gasteiger partial charge in [-0.1, -0.05) is 6.07 Å². The molecular formula is C35H54F2N2O7S. The number of carbonyl (C=O) groups is 2. The molecule has 1 heterocycles. The van der Waals surface area contributed by atoms with E-state index in [1.807, 2.05) is 6.92 Å². The summed E-state index contributed by atoms with van der Waals surface area (Å²) in [7, 11) is -4.07. The van der Waals surface area contributed by atoms with Crippen molar-refractivity contribution < 1.29 is 41.0 Å². The number of halogens is 2. The first-order chi connectivity index (χ1) is 21.8. The Hall–Kier alpha value is -2.47. The van der Waals surface area contributed by atoms with E-state index < -0.39 is 45.3 Å². The SMILES string of the molecule is Cc1ccc(S(=O)(=O)N2CCC[C@H]2C(=O)OC(C)(C)C)c(OC(CCCCN(C(=O)OC(C)(C)C)C2CCC(F)(F)CC2)C2CC2)c1. The van der Waals surface area contributed by atoms with Gasteiger partial charge in [0, 0.05) is 32.0 Å². The number of ether oxygens (including phenoxy) is 3. The van der Waals surface area contributed by atoms with Gasteiger partial charge in [0.15, 0.2) is 0 Å². The first kappa shape index (κ1) is 37.4. The summed E-state index contributed by atoms with van der Waals surface area (Å²) in [5, 5.41) is 0. The quantitative estimate of drug-likeness (QED) is 0.165. The Morgan fingerprint density at radius 3 is 2.21 bits per heavy atom. The molecule has 266 valence electrons. The van der Waals surface area contributed by atoms with E-state index in [4.69, 9.17) is 14.2 Å². The highest BCUT2D eigenvalue weighted by Gasteiger charge is 2.43. The van der Waals surface area contributed by atoms with Crippen LogP contribution in [0.1, 0.15) is 118 Å². The molecule has 4 rings (SSSR count). The molecule has 3 aliphatic rings. The predicted molar refractivity (Wildman–Crippen MR) is 175 cm³/mol. The van der Waals surface area contributed by atoms with Crippen molar-refractivity contribution in [2.75, 3.05) is 13.1 Å². The van der Waals surface area contributed by atoms with Crippen LogP contribution in [0, 0.1) is 12.8 Å². The molecule has 1 amide bonds. The first-order valence-corrected chi connectivity index (χ1v) is 18.6. The third-order valence-electron chi connectivity index (χ3n) is 8.89. The van der Waals surface area contributed by atoms with Gasteiger partial charge in [0.1, 0.15) is 34.0 Å². The Bertz CT molecular complexity index is 1360. The monoisotopic (exact) mass is 684 g/mol. The lowest BCUT2D eigenvalue weighted by molar-refractivity contribution is -0.158. The van der Waals surface area contributed by atoms with Crippen LogP contribution in [-0.4, -0.2) is 78.1 Å². The zero-order valence-corrected chi connectivity index (χ0v) is 30.0. The van der Waals surface area contributed by atoms with Gasteiger partial charge in [0.05, 0.1) is 0 Å². The van der Waals surface area contributed by atoms with Gasteiger partial charge in [-0.3, -0.25) is 4.79 Å². The number of rotatable bonds is 12. The lowest BCUT2D eigenvalue weighted by atomic mass is 9.91. The van der Waals surface area contributed by atoms with Crippen LogP contribution in [-0.2, 0) is 24.3 Å². The highest BCUT2D eigenvalue weighted by molar-refractivity contribution is 7.89. The fourth-order valence-corrected chi connectivity index (χ4v) is 8.16. The first-order valence-electron chi connectivity index (χ1n) is 17.2. The molecule has 0 radical (unpaired) electrons. The van der Waals surface area contributed by atoms with E-state index in [1.165, 1.54) is 4.31 Å². The molecule has 0 bridgehead atoms. The van der Waals surface area contributed by atoms with E-state index in [0.29, 0.717) is 38.6 Å². The van der Waals surface area contributed by atoms with Gasteiger partial charge in [-0.2, -0.15) is 4.31 Å². The average Bonchev–Trinajstić information content (AvgIpc) is 3.65. The molecule has 1 unspecified atom stereocenters. The minimum Gasteiger partial charge on any atom is -0.489 e. The second kappa shape index (κ2) is 14.6. The van der Waals surface area contributed by atoms with Crippen molar-refractivity contribution in [3.63, 3.8) is 0 Å². The highest BCUT2D eigenvalue weighted by atomic mass is 32.2. The van der Waals surface area contributed by atoms with Gasteiger partial charge >= 0.3 is 12.1 Å². The fraction of sp³-hybridized carbons (Fsp3) is 0.771. The van der Waals surface area contributed by atoms with Crippen LogP contribution in [0.3, 0.4) is 0 Å². The molecule has 1 aromatic carbocycles. The number of aryl methyl sites for hydroxylation is 1. The maximum atomic E-state index is 14.0. The molecular weight excluding hydrogens is 630 g/mol. The van der Waals surface area contributed by atoms with Gasteiger partial charge in [0.25, 0.3) is 0 Å². The number of hydrogen-bond acceptors (Lipinski definition) is 7. The van der Waals surface area contributed by atoms with E-state index >= 15 is 0 Å². The molecule has 1 aromatic rings. The number of benzene rings is 1. The Labute approximate surface area is 279 Å². The summed E-state index contributed by atoms with van der Waals surface area (Å²) in [5.41, 5.74) is -0.587. The predicted octanol–water partition coefficient (Wildman–Crippen LogP) is 7.63. The third-order valence-corrected chi connectivity index (χ3v) is 10.8. The molecule has 1 aliphatic heterocycles. The summed E-state index contributed by atoms with van der Waals surface area (Å²) in [6.07, 6.45) is 4.14. The Kier molecular flexibility index (Phi) is 11.6. The van der Waals surface area contributed by atoms with Crippen LogP contribution in [0.2, 0.25) is 0 Å². The Balaban J connectivity index is 1.45. The minimum atomic E-state index is -4.07. The molecule has 0 spiro atoms. The molecule has 47 heavy (non-hydrogen) atoms.